The lowest BCUT2D eigenvalue weighted by Gasteiger charge is -2.15. The number of hydrogen-bond acceptors (Lipinski definition) is 3. The average Bonchev–Trinajstić information content (AvgIpc) is 3.24. The van der Waals surface area contributed by atoms with Gasteiger partial charge in [-0.1, -0.05) is 0 Å². The predicted molar refractivity (Wildman–Crippen MR) is 81.0 cm³/mol. The highest BCUT2D eigenvalue weighted by molar-refractivity contribution is 5.91. The van der Waals surface area contributed by atoms with E-state index in [0.29, 0.717) is 18.4 Å². The van der Waals surface area contributed by atoms with Crippen LogP contribution in [0.2, 0.25) is 0 Å². The maximum atomic E-state index is 12.2. The highest BCUT2D eigenvalue weighted by atomic mass is 16.1. The highest BCUT2D eigenvalue weighted by Gasteiger charge is 2.31. The predicted octanol–water partition coefficient (Wildman–Crippen LogP) is 2.74. The van der Waals surface area contributed by atoms with Gasteiger partial charge >= 0.3 is 0 Å². The molecule has 5 heteroatoms. The zero-order chi connectivity index (χ0) is 14.8. The van der Waals surface area contributed by atoms with Crippen molar-refractivity contribution < 1.29 is 4.79 Å². The Morgan fingerprint density at radius 3 is 2.81 bits per heavy atom. The summed E-state index contributed by atoms with van der Waals surface area (Å²) < 4.78 is 1.96. The summed E-state index contributed by atoms with van der Waals surface area (Å²) in [4.78, 5) is 16.1. The minimum Gasteiger partial charge on any atom is -0.311 e. The van der Waals surface area contributed by atoms with E-state index in [1.807, 2.05) is 29.8 Å². The van der Waals surface area contributed by atoms with Crippen LogP contribution in [-0.4, -0.2) is 20.7 Å². The number of nitrogens with zero attached hydrogens (tertiary/aromatic N) is 3. The number of pyridine rings is 1. The van der Waals surface area contributed by atoms with Crippen molar-refractivity contribution in [2.75, 3.05) is 5.32 Å². The monoisotopic (exact) mass is 284 g/mol. The molecule has 110 valence electrons. The Morgan fingerprint density at radius 2 is 2.14 bits per heavy atom. The van der Waals surface area contributed by atoms with E-state index in [4.69, 9.17) is 0 Å². The molecule has 5 nitrogen and oxygen atoms in total. The van der Waals surface area contributed by atoms with Crippen LogP contribution in [0.3, 0.4) is 0 Å². The molecule has 0 spiro atoms. The van der Waals surface area contributed by atoms with Gasteiger partial charge in [-0.3, -0.25) is 9.78 Å². The molecule has 0 aliphatic heterocycles. The van der Waals surface area contributed by atoms with Crippen molar-refractivity contribution in [3.8, 4) is 0 Å². The van der Waals surface area contributed by atoms with Crippen LogP contribution in [0.1, 0.15) is 37.1 Å². The number of aryl methyl sites for hydroxylation is 1. The van der Waals surface area contributed by atoms with Gasteiger partial charge < -0.3 is 5.32 Å². The third-order valence-corrected chi connectivity index (χ3v) is 3.93. The summed E-state index contributed by atoms with van der Waals surface area (Å²) in [6.07, 6.45) is 6.26. The van der Waals surface area contributed by atoms with Crippen LogP contribution in [0.25, 0.3) is 0 Å². The molecule has 3 rings (SSSR count). The fourth-order valence-electron chi connectivity index (χ4n) is 2.57. The lowest BCUT2D eigenvalue weighted by atomic mass is 10.2. The largest absolute Gasteiger partial charge is 0.311 e. The molecular weight excluding hydrogens is 264 g/mol. The van der Waals surface area contributed by atoms with Crippen LogP contribution < -0.4 is 5.32 Å². The Kier molecular flexibility index (Phi) is 3.73. The molecule has 2 aromatic heterocycles. The summed E-state index contributed by atoms with van der Waals surface area (Å²) in [6, 6.07) is 5.99. The summed E-state index contributed by atoms with van der Waals surface area (Å²) in [7, 11) is 0. The molecule has 1 unspecified atom stereocenters. The summed E-state index contributed by atoms with van der Waals surface area (Å²) in [6.45, 7) is 4.12. The molecule has 1 saturated carbocycles. The lowest BCUT2D eigenvalue weighted by molar-refractivity contribution is -0.115. The zero-order valence-corrected chi connectivity index (χ0v) is 12.4. The molecule has 2 aromatic rings. The van der Waals surface area contributed by atoms with Crippen LogP contribution in [0, 0.1) is 12.8 Å². The number of aromatic nitrogens is 3. The third-order valence-electron chi connectivity index (χ3n) is 3.93. The molecule has 1 fully saturated rings. The molecule has 0 bridgehead atoms. The van der Waals surface area contributed by atoms with E-state index in [0.717, 1.165) is 17.1 Å². The number of nitrogens with one attached hydrogen (secondary N) is 1. The number of hydrogen-bond donors (Lipinski definition) is 1. The van der Waals surface area contributed by atoms with E-state index in [-0.39, 0.29) is 5.91 Å². The molecule has 21 heavy (non-hydrogen) atoms. The number of amides is 1. The van der Waals surface area contributed by atoms with E-state index in [1.54, 1.807) is 12.4 Å². The first kappa shape index (κ1) is 13.8. The Hall–Kier alpha value is -2.17. The molecule has 0 aromatic carbocycles. The smallest absolute Gasteiger partial charge is 0.229 e. The van der Waals surface area contributed by atoms with Crippen LogP contribution in [0.5, 0.6) is 0 Å². The lowest BCUT2D eigenvalue weighted by Crippen LogP contribution is -2.19. The van der Waals surface area contributed by atoms with E-state index < -0.39 is 0 Å². The fraction of sp³-hybridized carbons (Fsp3) is 0.438. The normalized spacial score (nSPS) is 15.7. The van der Waals surface area contributed by atoms with Gasteiger partial charge in [0.15, 0.2) is 0 Å². The van der Waals surface area contributed by atoms with Crippen LogP contribution in [0.15, 0.2) is 30.6 Å². The number of rotatable bonds is 5. The zero-order valence-electron chi connectivity index (χ0n) is 12.4. The van der Waals surface area contributed by atoms with Gasteiger partial charge in [-0.2, -0.15) is 5.10 Å². The van der Waals surface area contributed by atoms with Gasteiger partial charge in [-0.05, 0) is 50.3 Å². The summed E-state index contributed by atoms with van der Waals surface area (Å²) >= 11 is 0. The van der Waals surface area contributed by atoms with Crippen LogP contribution in [0.4, 0.5) is 5.82 Å². The van der Waals surface area contributed by atoms with Crippen molar-refractivity contribution in [3.63, 3.8) is 0 Å². The van der Waals surface area contributed by atoms with Crippen molar-refractivity contribution in [3.05, 3.63) is 41.9 Å². The topological polar surface area (TPSA) is 59.8 Å². The highest BCUT2D eigenvalue weighted by Crippen LogP contribution is 2.40. The Morgan fingerprint density at radius 1 is 1.43 bits per heavy atom. The maximum absolute atomic E-state index is 12.2. The van der Waals surface area contributed by atoms with Crippen molar-refractivity contribution in [2.24, 2.45) is 5.92 Å². The van der Waals surface area contributed by atoms with E-state index in [9.17, 15) is 4.79 Å². The van der Waals surface area contributed by atoms with Gasteiger partial charge in [0.1, 0.15) is 5.82 Å². The third kappa shape index (κ3) is 3.29. The summed E-state index contributed by atoms with van der Waals surface area (Å²) in [5.74, 6) is 1.47. The SMILES string of the molecule is Cc1cc(NC(=O)Cc2ccncc2)n(C(C)C2CC2)n1. The van der Waals surface area contributed by atoms with Gasteiger partial charge in [0.05, 0.1) is 18.2 Å². The minimum atomic E-state index is -0.0228. The summed E-state index contributed by atoms with van der Waals surface area (Å²) in [5, 5.41) is 7.51. The summed E-state index contributed by atoms with van der Waals surface area (Å²) in [5.41, 5.74) is 1.89. The molecule has 1 aliphatic rings. The molecule has 1 amide bonds. The molecule has 1 atom stereocenters. The van der Waals surface area contributed by atoms with Crippen molar-refractivity contribution in [2.45, 2.75) is 39.2 Å². The molecule has 0 saturated heterocycles. The van der Waals surface area contributed by atoms with E-state index >= 15 is 0 Å². The van der Waals surface area contributed by atoms with Crippen LogP contribution in [-0.2, 0) is 11.2 Å². The Labute approximate surface area is 124 Å². The van der Waals surface area contributed by atoms with Gasteiger partial charge in [-0.25, -0.2) is 4.68 Å². The van der Waals surface area contributed by atoms with Gasteiger partial charge in [0.2, 0.25) is 5.91 Å². The van der Waals surface area contributed by atoms with Gasteiger partial charge in [0.25, 0.3) is 0 Å². The first-order chi connectivity index (χ1) is 10.1. The standard InChI is InChI=1S/C16H20N4O/c1-11-9-15(20(19-11)12(2)14-3-4-14)18-16(21)10-13-5-7-17-8-6-13/h5-9,12,14H,3-4,10H2,1-2H3,(H,18,21). The second kappa shape index (κ2) is 5.68. The Bertz CT molecular complexity index is 631. The van der Waals surface area contributed by atoms with Crippen molar-refractivity contribution >= 4 is 11.7 Å². The molecule has 1 N–H and O–H groups in total. The average molecular weight is 284 g/mol. The molecular formula is C16H20N4O. The Balaban J connectivity index is 1.70. The quantitative estimate of drug-likeness (QED) is 0.918. The minimum absolute atomic E-state index is 0.0228. The number of carbonyl (C=O) groups is 1. The van der Waals surface area contributed by atoms with Gasteiger partial charge in [0, 0.05) is 18.5 Å². The first-order valence-corrected chi connectivity index (χ1v) is 7.38. The molecule has 0 radical (unpaired) electrons. The second-order valence-corrected chi connectivity index (χ2v) is 5.77. The van der Waals surface area contributed by atoms with E-state index in [2.05, 4.69) is 22.3 Å². The van der Waals surface area contributed by atoms with Crippen molar-refractivity contribution in [1.29, 1.82) is 0 Å². The van der Waals surface area contributed by atoms with E-state index in [1.165, 1.54) is 12.8 Å². The fourth-order valence-corrected chi connectivity index (χ4v) is 2.57. The van der Waals surface area contributed by atoms with Crippen LogP contribution >= 0.6 is 0 Å². The first-order valence-electron chi connectivity index (χ1n) is 7.38. The molecule has 1 aliphatic carbocycles. The number of anilines is 1. The van der Waals surface area contributed by atoms with Crippen molar-refractivity contribution in [1.82, 2.24) is 14.8 Å². The molecule has 2 heterocycles. The maximum Gasteiger partial charge on any atom is 0.229 e. The van der Waals surface area contributed by atoms with Gasteiger partial charge in [-0.15, -0.1) is 0 Å². The number of carbonyl (C=O) groups excluding carboxylic acids is 1. The second-order valence-electron chi connectivity index (χ2n) is 5.77.